The van der Waals surface area contributed by atoms with Crippen molar-refractivity contribution in [2.24, 2.45) is 5.92 Å². The maximum atomic E-state index is 14.0. The van der Waals surface area contributed by atoms with E-state index in [1.807, 2.05) is 26.8 Å². The van der Waals surface area contributed by atoms with Crippen LogP contribution in [0.1, 0.15) is 55.5 Å². The highest BCUT2D eigenvalue weighted by Gasteiger charge is 2.29. The Hall–Kier alpha value is -3.68. The molecule has 1 aromatic heterocycles. The molecule has 0 saturated carbocycles. The number of aryl methyl sites for hydroxylation is 1. The molecule has 3 aromatic rings. The number of phenols is 1. The first-order valence-corrected chi connectivity index (χ1v) is 11.1. The van der Waals surface area contributed by atoms with Gasteiger partial charge in [-0.3, -0.25) is 10.2 Å². The summed E-state index contributed by atoms with van der Waals surface area (Å²) in [6.45, 7) is 6.94. The van der Waals surface area contributed by atoms with E-state index in [0.717, 1.165) is 22.5 Å². The number of hydrogen-bond acceptors (Lipinski definition) is 4. The highest BCUT2D eigenvalue weighted by molar-refractivity contribution is 6.10. The zero-order valence-electron chi connectivity index (χ0n) is 19.1. The van der Waals surface area contributed by atoms with E-state index >= 15 is 0 Å². The Morgan fingerprint density at radius 1 is 1.30 bits per heavy atom. The molecule has 7 nitrogen and oxygen atoms in total. The number of phenolic OH excluding ortho intramolecular Hbond substituents is 1. The summed E-state index contributed by atoms with van der Waals surface area (Å²) in [4.78, 5) is 22.0. The zero-order valence-corrected chi connectivity index (χ0v) is 19.1. The topological polar surface area (TPSA) is 121 Å². The monoisotopic (exact) mass is 450 g/mol. The van der Waals surface area contributed by atoms with Gasteiger partial charge in [0, 0.05) is 12.1 Å². The largest absolute Gasteiger partial charge is 0.505 e. The quantitative estimate of drug-likeness (QED) is 0.341. The molecule has 0 radical (unpaired) electrons. The molecule has 1 amide bonds. The normalized spacial score (nSPS) is 12.9. The molecule has 2 aromatic carbocycles. The lowest BCUT2D eigenvalue weighted by Crippen LogP contribution is -2.42. The van der Waals surface area contributed by atoms with Crippen LogP contribution in [0.25, 0.3) is 11.1 Å². The fourth-order valence-corrected chi connectivity index (χ4v) is 4.19. The molecule has 0 spiro atoms. The van der Waals surface area contributed by atoms with Crippen LogP contribution in [0.15, 0.2) is 30.3 Å². The van der Waals surface area contributed by atoms with Gasteiger partial charge in [0.15, 0.2) is 11.6 Å². The molecule has 0 aliphatic carbocycles. The van der Waals surface area contributed by atoms with Crippen LogP contribution in [-0.2, 0) is 24.3 Å². The Balaban J connectivity index is 1.56. The van der Waals surface area contributed by atoms with E-state index in [9.17, 15) is 14.3 Å². The van der Waals surface area contributed by atoms with E-state index in [4.69, 9.17) is 11.1 Å². The number of nitrogens with one attached hydrogen (secondary N) is 1. The molecule has 172 valence electrons. The van der Waals surface area contributed by atoms with E-state index in [0.29, 0.717) is 60.2 Å². The van der Waals surface area contributed by atoms with Gasteiger partial charge in [0.25, 0.3) is 0 Å². The van der Waals surface area contributed by atoms with Crippen molar-refractivity contribution in [3.8, 4) is 16.9 Å². The lowest BCUT2D eigenvalue weighted by molar-refractivity contribution is -0.132. The number of carbonyl (C=O) groups excluding carboxylic acids is 1. The van der Waals surface area contributed by atoms with Crippen molar-refractivity contribution in [1.29, 1.82) is 0 Å². The molecular formula is C25H29FN5O2+. The van der Waals surface area contributed by atoms with Crippen LogP contribution in [-0.4, -0.2) is 31.6 Å². The minimum Gasteiger partial charge on any atom is -0.505 e. The second-order valence-electron chi connectivity index (χ2n) is 8.89. The van der Waals surface area contributed by atoms with Crippen molar-refractivity contribution < 1.29 is 19.7 Å². The molecule has 0 fully saturated rings. The highest BCUT2D eigenvalue weighted by atomic mass is 19.1. The minimum atomic E-state index is -0.679. The number of nitrogens with zero attached hydrogens (tertiary/aromatic N) is 2. The lowest BCUT2D eigenvalue weighted by atomic mass is 9.95. The molecule has 0 unspecified atom stereocenters. The second-order valence-corrected chi connectivity index (χ2v) is 8.89. The number of rotatable bonds is 6. The summed E-state index contributed by atoms with van der Waals surface area (Å²) in [7, 11) is 0. The fraction of sp³-hybridized carbons (Fsp3) is 0.320. The van der Waals surface area contributed by atoms with Crippen LogP contribution in [0, 0.1) is 11.7 Å². The summed E-state index contributed by atoms with van der Waals surface area (Å²) < 4.78 is 14.0. The number of aromatic nitrogens is 2. The number of amides is 1. The van der Waals surface area contributed by atoms with Gasteiger partial charge in [0.1, 0.15) is 0 Å². The van der Waals surface area contributed by atoms with Gasteiger partial charge in [-0.05, 0) is 53.3 Å². The van der Waals surface area contributed by atoms with Gasteiger partial charge in [-0.1, -0.05) is 26.8 Å². The predicted molar refractivity (Wildman–Crippen MR) is 125 cm³/mol. The third kappa shape index (κ3) is 4.33. The van der Waals surface area contributed by atoms with E-state index in [1.165, 1.54) is 12.1 Å². The first kappa shape index (κ1) is 22.5. The summed E-state index contributed by atoms with van der Waals surface area (Å²) in [5.74, 6) is -0.108. The van der Waals surface area contributed by atoms with Crippen LogP contribution >= 0.6 is 0 Å². The summed E-state index contributed by atoms with van der Waals surface area (Å²) >= 11 is 0. The third-order valence-corrected chi connectivity index (χ3v) is 5.95. The summed E-state index contributed by atoms with van der Waals surface area (Å²) in [5.41, 5.74) is 11.7. The minimum absolute atomic E-state index is 0.117. The van der Waals surface area contributed by atoms with Crippen LogP contribution in [0.5, 0.6) is 5.75 Å². The summed E-state index contributed by atoms with van der Waals surface area (Å²) in [5, 5.41) is 16.1. The van der Waals surface area contributed by atoms with E-state index < -0.39 is 5.82 Å². The van der Waals surface area contributed by atoms with Crippen molar-refractivity contribution in [1.82, 2.24) is 14.9 Å². The number of nitrogens with two attached hydrogens (primary N) is 2. The van der Waals surface area contributed by atoms with Crippen molar-refractivity contribution in [2.45, 2.75) is 46.7 Å². The van der Waals surface area contributed by atoms with Gasteiger partial charge < -0.3 is 20.7 Å². The molecule has 0 bridgehead atoms. The van der Waals surface area contributed by atoms with Crippen LogP contribution < -0.4 is 11.1 Å². The fourth-order valence-electron chi connectivity index (χ4n) is 4.19. The number of aromatic amines is 1. The number of aromatic hydroxyl groups is 1. The first-order chi connectivity index (χ1) is 15.7. The van der Waals surface area contributed by atoms with Gasteiger partial charge in [-0.25, -0.2) is 9.37 Å². The molecule has 2 heterocycles. The van der Waals surface area contributed by atoms with Crippen LogP contribution in [0.3, 0.4) is 0 Å². The maximum absolute atomic E-state index is 14.0. The van der Waals surface area contributed by atoms with Crippen molar-refractivity contribution in [2.75, 3.05) is 5.73 Å². The standard InChI is InChI=1S/C25H28FN5O2/c1-4-14-9-22(32)18(26)10-17(14)15-5-6-16(19(27)8-15)24(28)25-29-20-11-31(12-21(20)30-25)23(33)7-13(2)3/h5-6,8-10,13,28,32H,4,7,11-12,27H2,1-3H3,(H,29,30)/p+1. The number of carbonyl (C=O) groups is 1. The first-order valence-electron chi connectivity index (χ1n) is 11.1. The number of benzene rings is 2. The summed E-state index contributed by atoms with van der Waals surface area (Å²) in [6.07, 6.45) is 1.15. The predicted octanol–water partition coefficient (Wildman–Crippen LogP) is 2.55. The van der Waals surface area contributed by atoms with Gasteiger partial charge in [0.05, 0.1) is 30.0 Å². The number of anilines is 1. The van der Waals surface area contributed by atoms with Crippen molar-refractivity contribution in [3.05, 3.63) is 64.5 Å². The number of hydrogen-bond donors (Lipinski definition) is 4. The Morgan fingerprint density at radius 3 is 2.70 bits per heavy atom. The Labute approximate surface area is 192 Å². The van der Waals surface area contributed by atoms with Crippen molar-refractivity contribution >= 4 is 17.3 Å². The van der Waals surface area contributed by atoms with Crippen molar-refractivity contribution in [3.63, 3.8) is 0 Å². The van der Waals surface area contributed by atoms with Gasteiger partial charge in [-0.2, -0.15) is 0 Å². The molecular weight excluding hydrogens is 421 g/mol. The van der Waals surface area contributed by atoms with E-state index in [2.05, 4.69) is 9.97 Å². The van der Waals surface area contributed by atoms with E-state index in [1.54, 1.807) is 17.0 Å². The molecule has 33 heavy (non-hydrogen) atoms. The van der Waals surface area contributed by atoms with Gasteiger partial charge in [0.2, 0.25) is 17.4 Å². The smallest absolute Gasteiger partial charge is 0.249 e. The third-order valence-electron chi connectivity index (χ3n) is 5.95. The Morgan fingerprint density at radius 2 is 2.06 bits per heavy atom. The average Bonchev–Trinajstić information content (AvgIpc) is 3.34. The van der Waals surface area contributed by atoms with Crippen LogP contribution in [0.2, 0.25) is 0 Å². The second kappa shape index (κ2) is 8.69. The lowest BCUT2D eigenvalue weighted by Gasteiger charge is -2.16. The number of H-pyrrole nitrogens is 1. The SMILES string of the molecule is CCc1cc(O)c(F)cc1-c1ccc(C(=[NH2+])c2nc3c([nH]2)CN(C(=O)CC(C)C)C3)c(N)c1. The van der Waals surface area contributed by atoms with E-state index in [-0.39, 0.29) is 11.7 Å². The highest BCUT2D eigenvalue weighted by Crippen LogP contribution is 2.32. The molecule has 0 saturated heterocycles. The molecule has 1 aliphatic rings. The molecule has 1 aliphatic heterocycles. The number of halogens is 1. The molecule has 0 atom stereocenters. The molecule has 6 N–H and O–H groups in total. The average molecular weight is 451 g/mol. The molecule has 4 rings (SSSR count). The van der Waals surface area contributed by atoms with Gasteiger partial charge >= 0.3 is 0 Å². The zero-order chi connectivity index (χ0) is 23.9. The number of imidazole rings is 1. The Kier molecular flexibility index (Phi) is 5.93. The van der Waals surface area contributed by atoms with Crippen LogP contribution in [0.4, 0.5) is 10.1 Å². The maximum Gasteiger partial charge on any atom is 0.249 e. The molecule has 8 heteroatoms. The Bertz CT molecular complexity index is 1220. The number of fused-ring (bicyclic) bond motifs is 1. The summed E-state index contributed by atoms with van der Waals surface area (Å²) in [6, 6.07) is 8.12. The number of nitrogen functional groups attached to an aromatic ring is 1. The van der Waals surface area contributed by atoms with Gasteiger partial charge in [-0.15, -0.1) is 0 Å².